The van der Waals surface area contributed by atoms with Crippen molar-refractivity contribution >= 4 is 22.0 Å². The monoisotopic (exact) mass is 485 g/mol. The van der Waals surface area contributed by atoms with Gasteiger partial charge < -0.3 is 19.1 Å². The highest BCUT2D eigenvalue weighted by Gasteiger charge is 2.35. The van der Waals surface area contributed by atoms with E-state index < -0.39 is 0 Å². The molecule has 4 rings (SSSR count). The minimum Gasteiger partial charge on any atom is -0.493 e. The number of nitrogens with zero attached hydrogens (tertiary/aromatic N) is 1. The molecule has 164 valence electrons. The maximum absolute atomic E-state index is 13.1. The largest absolute Gasteiger partial charge is 0.493 e. The Kier molecular flexibility index (Phi) is 7.65. The summed E-state index contributed by atoms with van der Waals surface area (Å²) in [6, 6.07) is 15.6. The van der Waals surface area contributed by atoms with Crippen LogP contribution >= 0.6 is 15.9 Å². The average Bonchev–Trinajstić information content (AvgIpc) is 2.80. The second-order valence-electron chi connectivity index (χ2n) is 7.87. The fraction of sp³-hybridized carbons (Fsp3) is 0.400. The van der Waals surface area contributed by atoms with Crippen LogP contribution in [0.1, 0.15) is 42.9 Å². The molecule has 2 aliphatic heterocycles. The summed E-state index contributed by atoms with van der Waals surface area (Å²) in [6.07, 6.45) is 7.41. The van der Waals surface area contributed by atoms with Crippen molar-refractivity contribution in [1.82, 2.24) is 4.90 Å². The number of ether oxygens (including phenoxy) is 3. The van der Waals surface area contributed by atoms with E-state index in [1.165, 1.54) is 0 Å². The highest BCUT2D eigenvalue weighted by molar-refractivity contribution is 9.10. The Morgan fingerprint density at radius 2 is 2.03 bits per heavy atom. The summed E-state index contributed by atoms with van der Waals surface area (Å²) >= 11 is 3.55. The number of amides is 1. The molecule has 0 aliphatic carbocycles. The first-order chi connectivity index (χ1) is 15.2. The number of halogens is 1. The van der Waals surface area contributed by atoms with Gasteiger partial charge in [-0.3, -0.25) is 0 Å². The Morgan fingerprint density at radius 1 is 1.16 bits per heavy atom. The van der Waals surface area contributed by atoms with Crippen molar-refractivity contribution in [3.8, 4) is 5.75 Å². The number of likely N-dealkylation sites (tertiary alicyclic amines) is 1. The number of fused-ring (bicyclic) bond motifs is 4. The molecule has 2 heterocycles. The van der Waals surface area contributed by atoms with Gasteiger partial charge in [-0.2, -0.15) is 0 Å². The van der Waals surface area contributed by atoms with Gasteiger partial charge in [0.25, 0.3) is 0 Å². The Bertz CT molecular complexity index is 902. The third-order valence-electron chi connectivity index (χ3n) is 5.70. The van der Waals surface area contributed by atoms with Gasteiger partial charge in [0.2, 0.25) is 0 Å². The minimum absolute atomic E-state index is 0.0880. The Balaban J connectivity index is 1.57. The summed E-state index contributed by atoms with van der Waals surface area (Å²) in [5.41, 5.74) is 1.98. The predicted molar refractivity (Wildman–Crippen MR) is 123 cm³/mol. The predicted octanol–water partition coefficient (Wildman–Crippen LogP) is 6.04. The molecule has 2 aliphatic rings. The Hall–Kier alpha value is -2.31. The van der Waals surface area contributed by atoms with Crippen molar-refractivity contribution in [2.24, 2.45) is 0 Å². The average molecular weight is 486 g/mol. The lowest BCUT2D eigenvalue weighted by atomic mass is 9.93. The van der Waals surface area contributed by atoms with Crippen molar-refractivity contribution in [3.05, 3.63) is 76.3 Å². The van der Waals surface area contributed by atoms with Gasteiger partial charge in [0.15, 0.2) is 0 Å². The van der Waals surface area contributed by atoms with E-state index in [0.29, 0.717) is 26.2 Å². The first-order valence-corrected chi connectivity index (χ1v) is 11.7. The molecule has 0 N–H and O–H groups in total. The van der Waals surface area contributed by atoms with Gasteiger partial charge in [-0.05, 0) is 43.4 Å². The van der Waals surface area contributed by atoms with Crippen LogP contribution in [0.3, 0.4) is 0 Å². The van der Waals surface area contributed by atoms with E-state index in [4.69, 9.17) is 14.2 Å². The molecule has 0 radical (unpaired) electrons. The quantitative estimate of drug-likeness (QED) is 0.486. The van der Waals surface area contributed by atoms with Gasteiger partial charge in [-0.25, -0.2) is 4.79 Å². The molecule has 0 saturated carbocycles. The van der Waals surface area contributed by atoms with Crippen LogP contribution in [0.15, 0.2) is 65.2 Å². The summed E-state index contributed by atoms with van der Waals surface area (Å²) < 4.78 is 18.9. The number of piperidine rings is 1. The van der Waals surface area contributed by atoms with Crippen LogP contribution in [0.25, 0.3) is 0 Å². The third-order valence-corrected chi connectivity index (χ3v) is 6.19. The summed E-state index contributed by atoms with van der Waals surface area (Å²) in [7, 11) is 0. The van der Waals surface area contributed by atoms with E-state index in [1.807, 2.05) is 53.4 Å². The molecule has 31 heavy (non-hydrogen) atoms. The zero-order valence-corrected chi connectivity index (χ0v) is 19.1. The standard InChI is InChI=1S/C25H28BrNO4/c26-20-10-11-22-23-17-21(29-14-6-1-2-7-15-30-24(22)16-20)12-13-27(23)25(28)31-18-19-8-4-3-5-9-19/h1,3-6,8-11,16,21,23H,2,7,12-15,17-18H2/b6-1-/t21-,23-/m0/s1. The minimum atomic E-state index is -0.301. The van der Waals surface area contributed by atoms with Crippen LogP contribution < -0.4 is 4.74 Å². The number of hydrogen-bond acceptors (Lipinski definition) is 4. The topological polar surface area (TPSA) is 48.0 Å². The van der Waals surface area contributed by atoms with E-state index in [2.05, 4.69) is 28.1 Å². The molecular weight excluding hydrogens is 458 g/mol. The highest BCUT2D eigenvalue weighted by atomic mass is 79.9. The summed E-state index contributed by atoms with van der Waals surface area (Å²) in [5, 5.41) is 0. The Morgan fingerprint density at radius 3 is 2.90 bits per heavy atom. The molecule has 1 fully saturated rings. The molecule has 2 bridgehead atoms. The number of rotatable bonds is 2. The maximum Gasteiger partial charge on any atom is 0.410 e. The van der Waals surface area contributed by atoms with Crippen LogP contribution in [0, 0.1) is 0 Å². The molecule has 6 heteroatoms. The van der Waals surface area contributed by atoms with Crippen molar-refractivity contribution in [3.63, 3.8) is 0 Å². The third kappa shape index (κ3) is 5.89. The zero-order chi connectivity index (χ0) is 21.5. The lowest BCUT2D eigenvalue weighted by Gasteiger charge is -2.39. The molecule has 1 saturated heterocycles. The molecule has 0 unspecified atom stereocenters. The SMILES string of the molecule is O=C(OCc1ccccc1)N1CC[C@H]2C[C@H]1c1ccc(Br)cc1OCCC/C=C\CO2. The van der Waals surface area contributed by atoms with Crippen LogP contribution in [-0.2, 0) is 16.1 Å². The van der Waals surface area contributed by atoms with E-state index in [1.54, 1.807) is 0 Å². The normalized spacial score (nSPS) is 22.7. The summed E-state index contributed by atoms with van der Waals surface area (Å²) in [6.45, 7) is 2.08. The van der Waals surface area contributed by atoms with E-state index in [0.717, 1.165) is 40.6 Å². The van der Waals surface area contributed by atoms with Gasteiger partial charge in [-0.15, -0.1) is 0 Å². The van der Waals surface area contributed by atoms with Crippen LogP contribution in [-0.4, -0.2) is 36.9 Å². The molecule has 2 atom stereocenters. The van der Waals surface area contributed by atoms with Crippen LogP contribution in [0.4, 0.5) is 4.79 Å². The van der Waals surface area contributed by atoms with Gasteiger partial charge in [0, 0.05) is 16.6 Å². The van der Waals surface area contributed by atoms with Crippen molar-refractivity contribution in [1.29, 1.82) is 0 Å². The highest BCUT2D eigenvalue weighted by Crippen LogP contribution is 2.39. The number of benzene rings is 2. The van der Waals surface area contributed by atoms with Crippen molar-refractivity contribution < 1.29 is 19.0 Å². The first kappa shape index (κ1) is 21.9. The van der Waals surface area contributed by atoms with Crippen molar-refractivity contribution in [2.45, 2.75) is 44.4 Å². The van der Waals surface area contributed by atoms with E-state index >= 15 is 0 Å². The molecular formula is C25H28BrNO4. The lowest BCUT2D eigenvalue weighted by Crippen LogP contribution is -2.43. The van der Waals surface area contributed by atoms with E-state index in [-0.39, 0.29) is 24.8 Å². The van der Waals surface area contributed by atoms with Crippen LogP contribution in [0.2, 0.25) is 0 Å². The fourth-order valence-electron chi connectivity index (χ4n) is 4.07. The van der Waals surface area contributed by atoms with Crippen molar-refractivity contribution in [2.75, 3.05) is 19.8 Å². The molecule has 5 nitrogen and oxygen atoms in total. The second-order valence-corrected chi connectivity index (χ2v) is 8.79. The van der Waals surface area contributed by atoms with Gasteiger partial charge in [-0.1, -0.05) is 64.5 Å². The van der Waals surface area contributed by atoms with Gasteiger partial charge >= 0.3 is 6.09 Å². The molecule has 0 spiro atoms. The second kappa shape index (κ2) is 10.8. The molecule has 2 aromatic carbocycles. The first-order valence-electron chi connectivity index (χ1n) is 10.9. The summed E-state index contributed by atoms with van der Waals surface area (Å²) in [4.78, 5) is 14.9. The number of hydrogen-bond donors (Lipinski definition) is 0. The molecule has 0 aromatic heterocycles. The molecule has 2 aromatic rings. The summed E-state index contributed by atoms with van der Waals surface area (Å²) in [5.74, 6) is 0.809. The maximum atomic E-state index is 13.1. The lowest BCUT2D eigenvalue weighted by molar-refractivity contribution is -0.00772. The number of carbonyl (C=O) groups is 1. The van der Waals surface area contributed by atoms with Crippen LogP contribution in [0.5, 0.6) is 5.75 Å². The number of carbonyl (C=O) groups excluding carboxylic acids is 1. The Labute approximate surface area is 192 Å². The fourth-order valence-corrected chi connectivity index (χ4v) is 4.41. The van der Waals surface area contributed by atoms with Gasteiger partial charge in [0.05, 0.1) is 25.4 Å². The van der Waals surface area contributed by atoms with E-state index in [9.17, 15) is 4.79 Å². The number of allylic oxidation sites excluding steroid dienone is 1. The zero-order valence-electron chi connectivity index (χ0n) is 17.5. The van der Waals surface area contributed by atoms with Gasteiger partial charge in [0.1, 0.15) is 12.4 Å². The smallest absolute Gasteiger partial charge is 0.410 e. The molecule has 1 amide bonds.